The lowest BCUT2D eigenvalue weighted by atomic mass is 9.79. The summed E-state index contributed by atoms with van der Waals surface area (Å²) >= 11 is 0. The zero-order chi connectivity index (χ0) is 20.0. The van der Waals surface area contributed by atoms with Crippen LogP contribution in [-0.2, 0) is 22.2 Å². The van der Waals surface area contributed by atoms with Gasteiger partial charge in [0, 0.05) is 17.3 Å². The number of nitrogens with one attached hydrogen (secondary N) is 1. The number of hydrogen-bond donors (Lipinski definition) is 2. The van der Waals surface area contributed by atoms with Gasteiger partial charge in [-0.15, -0.1) is 0 Å². The molecule has 0 fully saturated rings. The van der Waals surface area contributed by atoms with Crippen LogP contribution >= 0.6 is 0 Å². The Labute approximate surface area is 169 Å². The van der Waals surface area contributed by atoms with E-state index in [1.165, 1.54) is 6.07 Å². The van der Waals surface area contributed by atoms with Gasteiger partial charge in [0.15, 0.2) is 0 Å². The van der Waals surface area contributed by atoms with Crippen molar-refractivity contribution in [2.24, 2.45) is 0 Å². The van der Waals surface area contributed by atoms with Gasteiger partial charge in [-0.2, -0.15) is 0 Å². The summed E-state index contributed by atoms with van der Waals surface area (Å²) in [7, 11) is -2.41. The van der Waals surface area contributed by atoms with Crippen LogP contribution in [0.25, 0.3) is 16.6 Å². The van der Waals surface area contributed by atoms with Crippen molar-refractivity contribution >= 4 is 40.2 Å². The molecule has 2 heterocycles. The summed E-state index contributed by atoms with van der Waals surface area (Å²) in [6, 6.07) is 19.6. The summed E-state index contributed by atoms with van der Waals surface area (Å²) in [4.78, 5) is 0.686. The summed E-state index contributed by atoms with van der Waals surface area (Å²) in [6.07, 6.45) is 1.77. The van der Waals surface area contributed by atoms with Gasteiger partial charge in [0.2, 0.25) is 0 Å². The Morgan fingerprint density at radius 3 is 2.76 bits per heavy atom. The van der Waals surface area contributed by atoms with Crippen LogP contribution < -0.4 is 10.2 Å². The van der Waals surface area contributed by atoms with Crippen LogP contribution in [0.15, 0.2) is 77.8 Å². The summed E-state index contributed by atoms with van der Waals surface area (Å²) in [6.45, 7) is 0.202. The predicted octanol–water partition coefficient (Wildman–Crippen LogP) is 3.12. The van der Waals surface area contributed by atoms with E-state index in [2.05, 4.69) is 4.72 Å². The van der Waals surface area contributed by atoms with Gasteiger partial charge in [-0.25, -0.2) is 8.60 Å². The first-order valence-corrected chi connectivity index (χ1v) is 10.2. The van der Waals surface area contributed by atoms with Crippen LogP contribution in [0, 0.1) is 5.82 Å². The third kappa shape index (κ3) is 3.25. The molecule has 8 heteroatoms. The number of halogens is 1. The number of aromatic nitrogens is 1. The van der Waals surface area contributed by atoms with Gasteiger partial charge in [-0.1, -0.05) is 18.2 Å². The molecule has 0 spiro atoms. The monoisotopic (exact) mass is 406 g/mol. The predicted molar refractivity (Wildman–Crippen MR) is 112 cm³/mol. The maximum Gasteiger partial charge on any atom is 0.491 e. The fraction of sp³-hybridized carbons (Fsp3) is 0.0476. The van der Waals surface area contributed by atoms with Crippen molar-refractivity contribution in [1.82, 2.24) is 4.57 Å². The number of rotatable bonds is 4. The molecule has 5 nitrogen and oxygen atoms in total. The SMILES string of the molecule is O=S(Nc1ccc2c(ccn2-c2cc3c(cc2F)COB3O)c1)c1ccccc1. The average Bonchev–Trinajstić information content (AvgIpc) is 3.31. The fourth-order valence-corrected chi connectivity index (χ4v) is 4.41. The minimum Gasteiger partial charge on any atom is -0.423 e. The lowest BCUT2D eigenvalue weighted by Crippen LogP contribution is -2.28. The summed E-state index contributed by atoms with van der Waals surface area (Å²) in [5.41, 5.74) is 3.09. The van der Waals surface area contributed by atoms with E-state index in [-0.39, 0.29) is 12.4 Å². The molecule has 144 valence electrons. The Morgan fingerprint density at radius 1 is 1.10 bits per heavy atom. The molecular weight excluding hydrogens is 390 g/mol. The molecule has 0 bridgehead atoms. The molecule has 1 unspecified atom stereocenters. The lowest BCUT2D eigenvalue weighted by molar-refractivity contribution is 0.275. The molecule has 2 N–H and O–H groups in total. The summed E-state index contributed by atoms with van der Waals surface area (Å²) in [5.74, 6) is -0.383. The zero-order valence-electron chi connectivity index (χ0n) is 15.2. The van der Waals surface area contributed by atoms with Gasteiger partial charge in [-0.3, -0.25) is 0 Å². The Morgan fingerprint density at radius 2 is 1.93 bits per heavy atom. The van der Waals surface area contributed by atoms with E-state index in [0.29, 0.717) is 27.3 Å². The molecule has 0 aliphatic carbocycles. The van der Waals surface area contributed by atoms with E-state index >= 15 is 0 Å². The minimum atomic E-state index is -1.37. The smallest absolute Gasteiger partial charge is 0.423 e. The molecule has 0 radical (unpaired) electrons. The van der Waals surface area contributed by atoms with Gasteiger partial charge in [0.25, 0.3) is 0 Å². The van der Waals surface area contributed by atoms with E-state index in [1.807, 2.05) is 42.5 Å². The van der Waals surface area contributed by atoms with Crippen LogP contribution in [0.4, 0.5) is 10.1 Å². The van der Waals surface area contributed by atoms with Gasteiger partial charge in [0.05, 0.1) is 22.7 Å². The fourth-order valence-electron chi connectivity index (χ4n) is 3.54. The largest absolute Gasteiger partial charge is 0.491 e. The minimum absolute atomic E-state index is 0.202. The topological polar surface area (TPSA) is 63.5 Å². The second-order valence-electron chi connectivity index (χ2n) is 6.81. The number of nitrogens with zero attached hydrogens (tertiary/aromatic N) is 1. The number of anilines is 1. The Hall–Kier alpha value is -2.94. The molecule has 0 amide bonds. The number of benzene rings is 3. The van der Waals surface area contributed by atoms with Gasteiger partial charge >= 0.3 is 7.12 Å². The van der Waals surface area contributed by atoms with Crippen molar-refractivity contribution in [3.05, 3.63) is 84.3 Å². The summed E-state index contributed by atoms with van der Waals surface area (Å²) < 4.78 is 37.1. The van der Waals surface area contributed by atoms with E-state index in [0.717, 1.165) is 10.9 Å². The number of hydrogen-bond acceptors (Lipinski definition) is 3. The first-order valence-electron chi connectivity index (χ1n) is 9.07. The maximum atomic E-state index is 14.7. The molecule has 3 aromatic carbocycles. The Kier molecular flexibility index (Phi) is 4.47. The first-order chi connectivity index (χ1) is 14.1. The third-order valence-electron chi connectivity index (χ3n) is 4.99. The van der Waals surface area contributed by atoms with Gasteiger partial charge in [0.1, 0.15) is 16.8 Å². The zero-order valence-corrected chi connectivity index (χ0v) is 16.0. The van der Waals surface area contributed by atoms with Crippen molar-refractivity contribution in [3.63, 3.8) is 0 Å². The lowest BCUT2D eigenvalue weighted by Gasteiger charge is -2.11. The van der Waals surface area contributed by atoms with Crippen LogP contribution in [0.1, 0.15) is 5.56 Å². The second kappa shape index (κ2) is 7.15. The second-order valence-corrected chi connectivity index (χ2v) is 8.02. The molecule has 1 aromatic heterocycles. The highest BCUT2D eigenvalue weighted by Gasteiger charge is 2.29. The van der Waals surface area contributed by atoms with Crippen molar-refractivity contribution in [1.29, 1.82) is 0 Å². The normalized spacial score (nSPS) is 14.2. The first kappa shape index (κ1) is 18.1. The quantitative estimate of drug-likeness (QED) is 0.512. The van der Waals surface area contributed by atoms with Crippen LogP contribution in [-0.4, -0.2) is 20.9 Å². The molecule has 29 heavy (non-hydrogen) atoms. The van der Waals surface area contributed by atoms with Crippen molar-refractivity contribution < 1.29 is 18.3 Å². The molecule has 1 aliphatic heterocycles. The maximum absolute atomic E-state index is 14.7. The van der Waals surface area contributed by atoms with Crippen molar-refractivity contribution in [2.75, 3.05) is 4.72 Å². The standard InChI is InChI=1S/C21H16BFN2O3S/c23-19-11-15-13-28-22(26)18(15)12-21(19)25-9-8-14-10-16(6-7-20(14)25)24-29(27)17-4-2-1-3-5-17/h1-12,24,26H,13H2. The highest BCUT2D eigenvalue weighted by molar-refractivity contribution is 7.86. The van der Waals surface area contributed by atoms with E-state index in [1.54, 1.807) is 29.0 Å². The molecular formula is C21H16BFN2O3S. The van der Waals surface area contributed by atoms with Crippen LogP contribution in [0.3, 0.4) is 0 Å². The van der Waals surface area contributed by atoms with Gasteiger partial charge in [-0.05, 0) is 59.6 Å². The highest BCUT2D eigenvalue weighted by atomic mass is 32.2. The van der Waals surface area contributed by atoms with Gasteiger partial charge < -0.3 is 19.0 Å². The molecule has 1 atom stereocenters. The van der Waals surface area contributed by atoms with E-state index in [9.17, 15) is 13.6 Å². The van der Waals surface area contributed by atoms with E-state index < -0.39 is 18.1 Å². The van der Waals surface area contributed by atoms with Crippen molar-refractivity contribution in [3.8, 4) is 5.69 Å². The molecule has 0 saturated heterocycles. The van der Waals surface area contributed by atoms with E-state index in [4.69, 9.17) is 4.65 Å². The third-order valence-corrected chi connectivity index (χ3v) is 6.11. The molecule has 4 aromatic rings. The molecule has 5 rings (SSSR count). The van der Waals surface area contributed by atoms with Crippen molar-refractivity contribution in [2.45, 2.75) is 11.5 Å². The summed E-state index contributed by atoms with van der Waals surface area (Å²) in [5, 5.41) is 10.8. The van der Waals surface area contributed by atoms with Crippen LogP contribution in [0.2, 0.25) is 0 Å². The Balaban J connectivity index is 1.49. The average molecular weight is 406 g/mol. The highest BCUT2D eigenvalue weighted by Crippen LogP contribution is 2.27. The Bertz CT molecular complexity index is 1250. The van der Waals surface area contributed by atoms with Crippen LogP contribution in [0.5, 0.6) is 0 Å². The molecule has 1 aliphatic rings. The number of fused-ring (bicyclic) bond motifs is 2. The molecule has 0 saturated carbocycles.